The number of hydrogen-bond acceptors (Lipinski definition) is 5. The van der Waals surface area contributed by atoms with E-state index < -0.39 is 17.5 Å². The zero-order chi connectivity index (χ0) is 24.2. The van der Waals surface area contributed by atoms with E-state index in [0.29, 0.717) is 23.4 Å². The second kappa shape index (κ2) is 7.69. The Kier molecular flexibility index (Phi) is 4.60. The number of benzene rings is 2. The lowest BCUT2D eigenvalue weighted by Gasteiger charge is -2.31. The van der Waals surface area contributed by atoms with E-state index in [1.807, 2.05) is 59.3 Å². The summed E-state index contributed by atoms with van der Waals surface area (Å²) in [5, 5.41) is 5.12. The van der Waals surface area contributed by atoms with E-state index in [0.717, 1.165) is 22.3 Å². The number of imide groups is 1. The van der Waals surface area contributed by atoms with Gasteiger partial charge in [-0.25, -0.2) is 9.78 Å². The predicted molar refractivity (Wildman–Crippen MR) is 127 cm³/mol. The summed E-state index contributed by atoms with van der Waals surface area (Å²) in [5.74, 6) is -0.112. The molecule has 0 bridgehead atoms. The molecule has 2 aromatic heterocycles. The van der Waals surface area contributed by atoms with Crippen LogP contribution < -0.4 is 15.4 Å². The van der Waals surface area contributed by atoms with Crippen molar-refractivity contribution in [3.8, 4) is 16.9 Å². The van der Waals surface area contributed by atoms with Crippen molar-refractivity contribution in [2.45, 2.75) is 12.1 Å². The number of carbonyl (C=O) groups is 3. The molecule has 0 saturated carbocycles. The number of amides is 4. The number of carbonyl (C=O) groups excluding carboxylic acids is 3. The third kappa shape index (κ3) is 3.31. The third-order valence-electron chi connectivity index (χ3n) is 6.67. The minimum absolute atomic E-state index is 0.000739. The average Bonchev–Trinajstić information content (AvgIpc) is 3.55. The van der Waals surface area contributed by atoms with Crippen LogP contribution in [0.1, 0.15) is 21.5 Å². The van der Waals surface area contributed by atoms with E-state index in [4.69, 9.17) is 4.74 Å². The van der Waals surface area contributed by atoms with Crippen LogP contribution in [-0.4, -0.2) is 45.8 Å². The van der Waals surface area contributed by atoms with Crippen molar-refractivity contribution < 1.29 is 19.1 Å². The van der Waals surface area contributed by atoms with Crippen LogP contribution in [0.4, 0.5) is 4.79 Å². The number of aromatic nitrogens is 2. The molecule has 2 N–H and O–H groups in total. The second-order valence-electron chi connectivity index (χ2n) is 8.69. The van der Waals surface area contributed by atoms with Crippen LogP contribution in [0.3, 0.4) is 0 Å². The molecule has 0 spiro atoms. The Morgan fingerprint density at radius 3 is 2.57 bits per heavy atom. The standard InChI is InChI=1S/C26H21N5O4/c1-35-20-8-4-18-14-31(23(32)21(18)12-20)15-26(24(33)28-25(34)29-26)19-6-2-16(3-7-19)17-5-9-22-27-10-11-30(22)13-17/h2-13H,14-15H2,1H3,(H2,28,29,33,34)/t26-/m0/s1. The Morgan fingerprint density at radius 1 is 1.03 bits per heavy atom. The minimum Gasteiger partial charge on any atom is -0.497 e. The van der Waals surface area contributed by atoms with Crippen LogP contribution >= 0.6 is 0 Å². The first kappa shape index (κ1) is 20.9. The molecule has 1 fully saturated rings. The summed E-state index contributed by atoms with van der Waals surface area (Å²) in [6, 6.07) is 16.1. The smallest absolute Gasteiger partial charge is 0.322 e. The number of rotatable bonds is 5. The van der Waals surface area contributed by atoms with E-state index in [1.54, 1.807) is 30.3 Å². The molecule has 0 unspecified atom stereocenters. The maximum absolute atomic E-state index is 13.2. The Balaban J connectivity index is 1.33. The van der Waals surface area contributed by atoms with Gasteiger partial charge in [0.2, 0.25) is 0 Å². The van der Waals surface area contributed by atoms with Gasteiger partial charge in [-0.2, -0.15) is 0 Å². The Morgan fingerprint density at radius 2 is 1.83 bits per heavy atom. The van der Waals surface area contributed by atoms with Crippen LogP contribution in [0.15, 0.2) is 73.2 Å². The van der Waals surface area contributed by atoms with Gasteiger partial charge in [0.05, 0.1) is 13.7 Å². The first-order chi connectivity index (χ1) is 17.0. The lowest BCUT2D eigenvalue weighted by molar-refractivity contribution is -0.124. The van der Waals surface area contributed by atoms with Crippen molar-refractivity contribution in [1.82, 2.24) is 24.9 Å². The van der Waals surface area contributed by atoms with E-state index in [2.05, 4.69) is 15.6 Å². The van der Waals surface area contributed by atoms with Gasteiger partial charge in [-0.05, 0) is 46.5 Å². The third-order valence-corrected chi connectivity index (χ3v) is 6.67. The maximum Gasteiger partial charge on any atom is 0.322 e. The van der Waals surface area contributed by atoms with Gasteiger partial charge >= 0.3 is 6.03 Å². The van der Waals surface area contributed by atoms with Crippen molar-refractivity contribution in [3.05, 3.63) is 89.9 Å². The molecule has 9 nitrogen and oxygen atoms in total. The highest BCUT2D eigenvalue weighted by atomic mass is 16.5. The number of ether oxygens (including phenoxy) is 1. The zero-order valence-electron chi connectivity index (χ0n) is 18.8. The Bertz CT molecular complexity index is 1510. The molecule has 4 aromatic rings. The number of imidazole rings is 1. The van der Waals surface area contributed by atoms with Gasteiger partial charge in [0.15, 0.2) is 5.54 Å². The molecule has 174 valence electrons. The first-order valence-corrected chi connectivity index (χ1v) is 11.1. The number of urea groups is 1. The van der Waals surface area contributed by atoms with Crippen LogP contribution in [0.5, 0.6) is 5.75 Å². The van der Waals surface area contributed by atoms with Crippen molar-refractivity contribution >= 4 is 23.5 Å². The van der Waals surface area contributed by atoms with Gasteiger partial charge in [-0.1, -0.05) is 30.3 Å². The number of pyridine rings is 1. The second-order valence-corrected chi connectivity index (χ2v) is 8.69. The van der Waals surface area contributed by atoms with Crippen LogP contribution in [-0.2, 0) is 16.9 Å². The van der Waals surface area contributed by atoms with Crippen LogP contribution in [0.2, 0.25) is 0 Å². The van der Waals surface area contributed by atoms with Crippen LogP contribution in [0, 0.1) is 0 Å². The Hall–Kier alpha value is -4.66. The van der Waals surface area contributed by atoms with Gasteiger partial charge < -0.3 is 19.4 Å². The topological polar surface area (TPSA) is 105 Å². The molecule has 2 aliphatic heterocycles. The van der Waals surface area contributed by atoms with Gasteiger partial charge in [-0.15, -0.1) is 0 Å². The van der Waals surface area contributed by atoms with E-state index in [1.165, 1.54) is 0 Å². The van der Waals surface area contributed by atoms with Crippen molar-refractivity contribution in [1.29, 1.82) is 0 Å². The molecule has 4 heterocycles. The lowest BCUT2D eigenvalue weighted by atomic mass is 9.88. The molecule has 2 aliphatic rings. The van der Waals surface area contributed by atoms with Gasteiger partial charge in [0.25, 0.3) is 11.8 Å². The summed E-state index contributed by atoms with van der Waals surface area (Å²) in [5.41, 5.74) is 3.36. The van der Waals surface area contributed by atoms with E-state index in [-0.39, 0.29) is 12.5 Å². The number of nitrogens with zero attached hydrogens (tertiary/aromatic N) is 3. The lowest BCUT2D eigenvalue weighted by Crippen LogP contribution is -2.52. The zero-order valence-corrected chi connectivity index (χ0v) is 18.8. The fourth-order valence-corrected chi connectivity index (χ4v) is 4.82. The highest BCUT2D eigenvalue weighted by molar-refractivity contribution is 6.08. The van der Waals surface area contributed by atoms with Crippen molar-refractivity contribution in [2.75, 3.05) is 13.7 Å². The molecule has 1 saturated heterocycles. The fourth-order valence-electron chi connectivity index (χ4n) is 4.82. The largest absolute Gasteiger partial charge is 0.497 e. The molecule has 2 aromatic carbocycles. The van der Waals surface area contributed by atoms with Crippen LogP contribution in [0.25, 0.3) is 16.8 Å². The molecule has 4 amide bonds. The fraction of sp³-hybridized carbons (Fsp3) is 0.154. The molecule has 9 heteroatoms. The number of hydrogen-bond donors (Lipinski definition) is 2. The average molecular weight is 467 g/mol. The van der Waals surface area contributed by atoms with Crippen molar-refractivity contribution in [3.63, 3.8) is 0 Å². The van der Waals surface area contributed by atoms with Gasteiger partial charge in [-0.3, -0.25) is 14.9 Å². The van der Waals surface area contributed by atoms with Gasteiger partial charge in [0, 0.05) is 30.7 Å². The minimum atomic E-state index is -1.40. The molecule has 0 aliphatic carbocycles. The molecule has 0 radical (unpaired) electrons. The SMILES string of the molecule is COc1ccc2c(c1)C(=O)N(C[C@@]1(c3ccc(-c4ccc5nccn5c4)cc3)NC(=O)NC1=O)C2. The quantitative estimate of drug-likeness (QED) is 0.439. The summed E-state index contributed by atoms with van der Waals surface area (Å²) in [6.45, 7) is 0.340. The van der Waals surface area contributed by atoms with E-state index >= 15 is 0 Å². The molecular weight excluding hydrogens is 446 g/mol. The molecule has 1 atom stereocenters. The normalized spacial score (nSPS) is 19.1. The monoisotopic (exact) mass is 467 g/mol. The number of nitrogens with one attached hydrogen (secondary N) is 2. The first-order valence-electron chi connectivity index (χ1n) is 11.1. The number of methoxy groups -OCH3 is 1. The molecule has 35 heavy (non-hydrogen) atoms. The predicted octanol–water partition coefficient (Wildman–Crippen LogP) is 2.70. The highest BCUT2D eigenvalue weighted by Crippen LogP contribution is 2.33. The summed E-state index contributed by atoms with van der Waals surface area (Å²) in [6.07, 6.45) is 5.59. The van der Waals surface area contributed by atoms with Gasteiger partial charge in [0.1, 0.15) is 11.4 Å². The summed E-state index contributed by atoms with van der Waals surface area (Å²) < 4.78 is 7.18. The molecular formula is C26H21N5O4. The van der Waals surface area contributed by atoms with Crippen molar-refractivity contribution in [2.24, 2.45) is 0 Å². The maximum atomic E-state index is 13.2. The summed E-state index contributed by atoms with van der Waals surface area (Å²) in [4.78, 5) is 44.3. The Labute approximate surface area is 200 Å². The molecule has 6 rings (SSSR count). The number of fused-ring (bicyclic) bond motifs is 2. The summed E-state index contributed by atoms with van der Waals surface area (Å²) in [7, 11) is 1.55. The summed E-state index contributed by atoms with van der Waals surface area (Å²) >= 11 is 0. The highest BCUT2D eigenvalue weighted by Gasteiger charge is 2.50. The van der Waals surface area contributed by atoms with E-state index in [9.17, 15) is 14.4 Å².